The first-order valence-electron chi connectivity index (χ1n) is 11.4. The van der Waals surface area contributed by atoms with Crippen LogP contribution < -0.4 is 10.1 Å². The molecule has 5 aromatic rings. The molecule has 0 fully saturated rings. The summed E-state index contributed by atoms with van der Waals surface area (Å²) >= 11 is 0. The van der Waals surface area contributed by atoms with Crippen LogP contribution >= 0.6 is 0 Å². The summed E-state index contributed by atoms with van der Waals surface area (Å²) in [5.74, 6) is 0.321. The minimum Gasteiger partial charge on any atom is -0.494 e. The van der Waals surface area contributed by atoms with E-state index in [1.54, 1.807) is 35.8 Å². The number of aromatic nitrogens is 8. The van der Waals surface area contributed by atoms with Gasteiger partial charge >= 0.3 is 6.18 Å². The summed E-state index contributed by atoms with van der Waals surface area (Å²) in [6.45, 7) is 1.81. The standard InChI is InChI=1S/C24H20F5N9O/c1-12-4-6-18(35-34-12)31-15-8-16-14(9-17(15)39-3)30-11-38(16)19-7-5-13(22(25)26)21(32-19)23-33-20(37(2)36-23)10-24(27,28)29/h4-9,11,22H,10H2,1-3H3,(H,31,35). The van der Waals surface area contributed by atoms with Crippen LogP contribution in [0.1, 0.15) is 23.5 Å². The Morgan fingerprint density at radius 1 is 1.05 bits per heavy atom. The van der Waals surface area contributed by atoms with Gasteiger partial charge in [0.2, 0.25) is 5.82 Å². The van der Waals surface area contributed by atoms with Gasteiger partial charge < -0.3 is 10.1 Å². The fourth-order valence-electron chi connectivity index (χ4n) is 3.89. The van der Waals surface area contributed by atoms with E-state index < -0.39 is 30.4 Å². The number of imidazole rings is 1. The lowest BCUT2D eigenvalue weighted by atomic mass is 10.2. The molecule has 15 heteroatoms. The normalized spacial score (nSPS) is 11.9. The van der Waals surface area contributed by atoms with Crippen molar-refractivity contribution in [1.29, 1.82) is 0 Å². The van der Waals surface area contributed by atoms with E-state index >= 15 is 0 Å². The number of rotatable bonds is 7. The Morgan fingerprint density at radius 3 is 2.51 bits per heavy atom. The van der Waals surface area contributed by atoms with Crippen molar-refractivity contribution in [3.8, 4) is 23.1 Å². The number of methoxy groups -OCH3 is 1. The summed E-state index contributed by atoms with van der Waals surface area (Å²) < 4.78 is 74.4. The molecule has 0 aliphatic carbocycles. The molecule has 0 amide bonds. The largest absolute Gasteiger partial charge is 0.494 e. The number of anilines is 2. The summed E-state index contributed by atoms with van der Waals surface area (Å²) in [5, 5.41) is 15.2. The summed E-state index contributed by atoms with van der Waals surface area (Å²) in [7, 11) is 2.75. The van der Waals surface area contributed by atoms with Crippen LogP contribution in [0.4, 0.5) is 33.5 Å². The Bertz CT molecular complexity index is 1640. The number of alkyl halides is 5. The van der Waals surface area contributed by atoms with Crippen molar-refractivity contribution in [3.05, 3.63) is 59.8 Å². The van der Waals surface area contributed by atoms with Crippen molar-refractivity contribution < 1.29 is 26.7 Å². The van der Waals surface area contributed by atoms with Crippen LogP contribution in [0.15, 0.2) is 42.7 Å². The molecule has 0 unspecified atom stereocenters. The van der Waals surface area contributed by atoms with E-state index in [0.717, 1.165) is 16.4 Å². The molecule has 0 bridgehead atoms. The Kier molecular flexibility index (Phi) is 6.57. The maximum Gasteiger partial charge on any atom is 0.396 e. The van der Waals surface area contributed by atoms with Crippen molar-refractivity contribution >= 4 is 22.5 Å². The predicted molar refractivity (Wildman–Crippen MR) is 130 cm³/mol. The quantitative estimate of drug-likeness (QED) is 0.281. The Labute approximate surface area is 217 Å². The molecule has 4 aromatic heterocycles. The molecule has 10 nitrogen and oxygen atoms in total. The topological polar surface area (TPSA) is 108 Å². The van der Waals surface area contributed by atoms with Gasteiger partial charge in [-0.2, -0.15) is 18.3 Å². The van der Waals surface area contributed by atoms with E-state index in [2.05, 4.69) is 35.6 Å². The summed E-state index contributed by atoms with van der Waals surface area (Å²) in [6, 6.07) is 9.41. The van der Waals surface area contributed by atoms with Gasteiger partial charge in [0.15, 0.2) is 5.82 Å². The third-order valence-corrected chi connectivity index (χ3v) is 5.75. The Balaban J connectivity index is 1.60. The van der Waals surface area contributed by atoms with Crippen LogP contribution in [0.3, 0.4) is 0 Å². The minimum absolute atomic E-state index is 0.174. The van der Waals surface area contributed by atoms with E-state index in [1.807, 2.05) is 0 Å². The fraction of sp³-hybridized carbons (Fsp3) is 0.250. The van der Waals surface area contributed by atoms with Gasteiger partial charge in [0, 0.05) is 18.7 Å². The van der Waals surface area contributed by atoms with E-state index in [-0.39, 0.29) is 17.3 Å². The monoisotopic (exact) mass is 545 g/mol. The number of nitrogens with zero attached hydrogens (tertiary/aromatic N) is 8. The Hall–Kier alpha value is -4.69. The van der Waals surface area contributed by atoms with Crippen molar-refractivity contribution in [2.75, 3.05) is 12.4 Å². The summed E-state index contributed by atoms with van der Waals surface area (Å²) in [5.41, 5.74) is 1.45. The van der Waals surface area contributed by atoms with Crippen molar-refractivity contribution in [1.82, 2.24) is 39.5 Å². The molecule has 202 valence electrons. The number of hydrogen-bond donors (Lipinski definition) is 1. The second-order valence-electron chi connectivity index (χ2n) is 8.52. The lowest BCUT2D eigenvalue weighted by Gasteiger charge is -2.12. The van der Waals surface area contributed by atoms with Gasteiger partial charge in [-0.3, -0.25) is 9.25 Å². The van der Waals surface area contributed by atoms with Crippen LogP contribution in [0, 0.1) is 6.92 Å². The molecule has 4 heterocycles. The lowest BCUT2D eigenvalue weighted by molar-refractivity contribution is -0.129. The number of ether oxygens (including phenoxy) is 1. The molecule has 0 saturated carbocycles. The number of benzene rings is 1. The molecule has 39 heavy (non-hydrogen) atoms. The van der Waals surface area contributed by atoms with Gasteiger partial charge in [0.05, 0.1) is 29.5 Å². The van der Waals surface area contributed by atoms with Gasteiger partial charge in [-0.15, -0.1) is 10.2 Å². The third-order valence-electron chi connectivity index (χ3n) is 5.75. The maximum atomic E-state index is 13.9. The molecular formula is C24H20F5N9O. The number of nitrogens with one attached hydrogen (secondary N) is 1. The van der Waals surface area contributed by atoms with Crippen molar-refractivity contribution in [3.63, 3.8) is 0 Å². The average Bonchev–Trinajstić information content (AvgIpc) is 3.46. The number of fused-ring (bicyclic) bond motifs is 1. The van der Waals surface area contributed by atoms with E-state index in [1.165, 1.54) is 26.6 Å². The molecule has 0 saturated heterocycles. The number of halogens is 5. The van der Waals surface area contributed by atoms with Gasteiger partial charge in [-0.05, 0) is 37.3 Å². The third kappa shape index (κ3) is 5.32. The highest BCUT2D eigenvalue weighted by molar-refractivity contribution is 5.86. The molecule has 5 rings (SSSR count). The smallest absolute Gasteiger partial charge is 0.396 e. The van der Waals surface area contributed by atoms with Crippen molar-refractivity contribution in [2.24, 2.45) is 7.05 Å². The fourth-order valence-corrected chi connectivity index (χ4v) is 3.89. The highest BCUT2D eigenvalue weighted by Gasteiger charge is 2.31. The molecule has 0 aliphatic heterocycles. The van der Waals surface area contributed by atoms with Gasteiger partial charge in [0.25, 0.3) is 6.43 Å². The highest BCUT2D eigenvalue weighted by atomic mass is 19.4. The SMILES string of the molecule is COc1cc2ncn(-c3ccc(C(F)F)c(-c4nc(CC(F)(F)F)n(C)n4)n3)c2cc1Nc1ccc(C)nn1. The molecular weight excluding hydrogens is 525 g/mol. The van der Waals surface area contributed by atoms with Crippen LogP contribution in [0.25, 0.3) is 28.4 Å². The van der Waals surface area contributed by atoms with Crippen LogP contribution in [0.5, 0.6) is 5.75 Å². The Morgan fingerprint density at radius 2 is 1.85 bits per heavy atom. The molecule has 1 N–H and O–H groups in total. The molecule has 0 radical (unpaired) electrons. The number of pyridine rings is 1. The molecule has 1 aromatic carbocycles. The molecule has 0 spiro atoms. The minimum atomic E-state index is -4.55. The summed E-state index contributed by atoms with van der Waals surface area (Å²) in [4.78, 5) is 12.5. The zero-order valence-corrected chi connectivity index (χ0v) is 20.7. The zero-order chi connectivity index (χ0) is 27.9. The second kappa shape index (κ2) is 9.89. The first-order chi connectivity index (χ1) is 18.5. The molecule has 0 aliphatic rings. The van der Waals surface area contributed by atoms with Gasteiger partial charge in [-0.25, -0.2) is 23.7 Å². The highest BCUT2D eigenvalue weighted by Crippen LogP contribution is 2.34. The van der Waals surface area contributed by atoms with Crippen molar-refractivity contribution in [2.45, 2.75) is 25.9 Å². The first-order valence-corrected chi connectivity index (χ1v) is 11.4. The number of aryl methyl sites for hydroxylation is 2. The van der Waals surface area contributed by atoms with Gasteiger partial charge in [-0.1, -0.05) is 0 Å². The van der Waals surface area contributed by atoms with Gasteiger partial charge in [0.1, 0.15) is 35.8 Å². The first kappa shape index (κ1) is 25.9. The van der Waals surface area contributed by atoms with Crippen LogP contribution in [-0.4, -0.2) is 52.8 Å². The van der Waals surface area contributed by atoms with E-state index in [9.17, 15) is 22.0 Å². The van der Waals surface area contributed by atoms with E-state index in [4.69, 9.17) is 4.74 Å². The van der Waals surface area contributed by atoms with E-state index in [0.29, 0.717) is 28.3 Å². The number of hydrogen-bond acceptors (Lipinski definition) is 8. The summed E-state index contributed by atoms with van der Waals surface area (Å²) in [6.07, 6.45) is -7.44. The second-order valence-corrected chi connectivity index (χ2v) is 8.52. The predicted octanol–water partition coefficient (Wildman–Crippen LogP) is 5.11. The lowest BCUT2D eigenvalue weighted by Crippen LogP contribution is -2.15. The van der Waals surface area contributed by atoms with Crippen LogP contribution in [-0.2, 0) is 13.5 Å². The molecule has 0 atom stereocenters. The average molecular weight is 545 g/mol. The van der Waals surface area contributed by atoms with Crippen LogP contribution in [0.2, 0.25) is 0 Å². The zero-order valence-electron chi connectivity index (χ0n) is 20.7. The maximum absolute atomic E-state index is 13.9.